The Hall–Kier alpha value is -1.46. The molecular formula is C13H18O2. The third-order valence-electron chi connectivity index (χ3n) is 1.69. The molecule has 0 atom stereocenters. The Balaban J connectivity index is 0.000000336. The van der Waals surface area contributed by atoms with E-state index in [1.165, 1.54) is 0 Å². The van der Waals surface area contributed by atoms with Crippen LogP contribution in [0.1, 0.15) is 19.4 Å². The van der Waals surface area contributed by atoms with Gasteiger partial charge >= 0.3 is 0 Å². The molecule has 82 valence electrons. The summed E-state index contributed by atoms with van der Waals surface area (Å²) < 4.78 is 4.83. The Morgan fingerprint density at radius 3 is 2.27 bits per heavy atom. The molecule has 0 saturated carbocycles. The van der Waals surface area contributed by atoms with E-state index in [-0.39, 0.29) is 5.75 Å². The number of phenols is 1. The van der Waals surface area contributed by atoms with Gasteiger partial charge in [-0.25, -0.2) is 0 Å². The van der Waals surface area contributed by atoms with E-state index >= 15 is 0 Å². The topological polar surface area (TPSA) is 29.5 Å². The number of benzene rings is 1. The molecule has 1 aromatic carbocycles. The Morgan fingerprint density at radius 1 is 1.27 bits per heavy atom. The summed E-state index contributed by atoms with van der Waals surface area (Å²) in [6, 6.07) is 7.07. The third-order valence-corrected chi connectivity index (χ3v) is 1.69. The molecule has 1 aromatic rings. The van der Waals surface area contributed by atoms with E-state index in [0.29, 0.717) is 6.42 Å². The second-order valence-corrected chi connectivity index (χ2v) is 2.79. The molecule has 0 aliphatic rings. The van der Waals surface area contributed by atoms with Crippen molar-refractivity contribution in [1.82, 2.24) is 0 Å². The summed E-state index contributed by atoms with van der Waals surface area (Å²) in [5, 5.41) is 9.15. The summed E-state index contributed by atoms with van der Waals surface area (Å²) in [7, 11) is 0. The highest BCUT2D eigenvalue weighted by Gasteiger charge is 1.94. The van der Waals surface area contributed by atoms with Crippen molar-refractivity contribution in [2.75, 3.05) is 13.2 Å². The maximum Gasteiger partial charge on any atom is 0.119 e. The van der Waals surface area contributed by atoms with Crippen LogP contribution >= 0.6 is 0 Å². The van der Waals surface area contributed by atoms with Crippen molar-refractivity contribution >= 4 is 0 Å². The van der Waals surface area contributed by atoms with Gasteiger partial charge in [-0.2, -0.15) is 0 Å². The molecule has 0 aromatic heterocycles. The van der Waals surface area contributed by atoms with E-state index in [2.05, 4.69) is 5.92 Å². The van der Waals surface area contributed by atoms with E-state index in [4.69, 9.17) is 16.3 Å². The van der Waals surface area contributed by atoms with Gasteiger partial charge in [0.1, 0.15) is 5.75 Å². The minimum atomic E-state index is 0.278. The molecule has 0 amide bonds. The van der Waals surface area contributed by atoms with Crippen molar-refractivity contribution < 1.29 is 9.84 Å². The first-order valence-electron chi connectivity index (χ1n) is 5.04. The second kappa shape index (κ2) is 9.11. The van der Waals surface area contributed by atoms with Crippen molar-refractivity contribution in [3.63, 3.8) is 0 Å². The lowest BCUT2D eigenvalue weighted by atomic mass is 10.1. The van der Waals surface area contributed by atoms with Crippen LogP contribution in [0.4, 0.5) is 0 Å². The zero-order chi connectivity index (χ0) is 11.5. The van der Waals surface area contributed by atoms with Gasteiger partial charge in [-0.15, -0.1) is 12.3 Å². The predicted molar refractivity (Wildman–Crippen MR) is 62.8 cm³/mol. The molecule has 0 bridgehead atoms. The van der Waals surface area contributed by atoms with Crippen molar-refractivity contribution in [2.45, 2.75) is 20.3 Å². The number of terminal acetylenes is 1. The molecule has 1 rings (SSSR count). The van der Waals surface area contributed by atoms with Gasteiger partial charge in [-0.3, -0.25) is 0 Å². The van der Waals surface area contributed by atoms with Crippen LogP contribution in [0.5, 0.6) is 5.75 Å². The van der Waals surface area contributed by atoms with Gasteiger partial charge in [0, 0.05) is 25.2 Å². The lowest BCUT2D eigenvalue weighted by Crippen LogP contribution is -1.84. The lowest BCUT2D eigenvalue weighted by molar-refractivity contribution is 0.162. The highest BCUT2D eigenvalue weighted by atomic mass is 16.5. The normalized spacial score (nSPS) is 8.60. The lowest BCUT2D eigenvalue weighted by Gasteiger charge is -1.96. The Morgan fingerprint density at radius 2 is 1.87 bits per heavy atom. The van der Waals surface area contributed by atoms with Gasteiger partial charge in [-0.1, -0.05) is 18.2 Å². The van der Waals surface area contributed by atoms with Crippen molar-refractivity contribution in [1.29, 1.82) is 0 Å². The fraction of sp³-hybridized carbons (Fsp3) is 0.385. The molecule has 0 aliphatic heterocycles. The Kier molecular flexibility index (Phi) is 8.22. The summed E-state index contributed by atoms with van der Waals surface area (Å²) in [6.07, 6.45) is 5.56. The standard InChI is InChI=1S/C9H8O.C4H10O/c1-2-5-8-6-3-4-7-9(8)10;1-3-5-4-2/h1,3-4,6-7,10H,5H2;3-4H2,1-2H3. The van der Waals surface area contributed by atoms with Gasteiger partial charge in [0.05, 0.1) is 0 Å². The van der Waals surface area contributed by atoms with Crippen molar-refractivity contribution in [2.24, 2.45) is 0 Å². The molecule has 15 heavy (non-hydrogen) atoms. The predicted octanol–water partition coefficient (Wildman–Crippen LogP) is 2.61. The minimum absolute atomic E-state index is 0.278. The van der Waals surface area contributed by atoms with Crippen LogP contribution in [0.3, 0.4) is 0 Å². The van der Waals surface area contributed by atoms with E-state index in [1.54, 1.807) is 12.1 Å². The van der Waals surface area contributed by atoms with Crippen molar-refractivity contribution in [3.8, 4) is 18.1 Å². The average molecular weight is 206 g/mol. The van der Waals surface area contributed by atoms with Crippen LogP contribution < -0.4 is 0 Å². The summed E-state index contributed by atoms with van der Waals surface area (Å²) in [4.78, 5) is 0. The number of ether oxygens (including phenoxy) is 1. The van der Waals surface area contributed by atoms with Crippen LogP contribution in [0.25, 0.3) is 0 Å². The Labute approximate surface area is 91.9 Å². The molecule has 0 radical (unpaired) electrons. The Bertz CT molecular complexity index is 298. The highest BCUT2D eigenvalue weighted by Crippen LogP contribution is 2.14. The van der Waals surface area contributed by atoms with Gasteiger partial charge in [0.2, 0.25) is 0 Å². The zero-order valence-corrected chi connectivity index (χ0v) is 9.36. The SMILES string of the molecule is C#CCc1ccccc1O.CCOCC. The van der Waals surface area contributed by atoms with E-state index in [0.717, 1.165) is 18.8 Å². The fourth-order valence-electron chi connectivity index (χ4n) is 0.974. The van der Waals surface area contributed by atoms with Gasteiger partial charge in [0.15, 0.2) is 0 Å². The molecule has 0 saturated heterocycles. The number of aromatic hydroxyl groups is 1. The molecule has 0 unspecified atom stereocenters. The molecule has 0 heterocycles. The van der Waals surface area contributed by atoms with E-state index < -0.39 is 0 Å². The number of phenolic OH excluding ortho intramolecular Hbond substituents is 1. The van der Waals surface area contributed by atoms with Gasteiger partial charge in [-0.05, 0) is 19.9 Å². The van der Waals surface area contributed by atoms with Crippen LogP contribution in [-0.2, 0) is 11.2 Å². The summed E-state index contributed by atoms with van der Waals surface area (Å²) in [5.74, 6) is 2.74. The number of hydrogen-bond donors (Lipinski definition) is 1. The van der Waals surface area contributed by atoms with Crippen LogP contribution in [0, 0.1) is 12.3 Å². The monoisotopic (exact) mass is 206 g/mol. The fourth-order valence-corrected chi connectivity index (χ4v) is 0.974. The molecular weight excluding hydrogens is 188 g/mol. The molecule has 0 fully saturated rings. The largest absolute Gasteiger partial charge is 0.508 e. The van der Waals surface area contributed by atoms with Gasteiger partial charge < -0.3 is 9.84 Å². The van der Waals surface area contributed by atoms with Crippen LogP contribution in [-0.4, -0.2) is 18.3 Å². The van der Waals surface area contributed by atoms with Gasteiger partial charge in [0.25, 0.3) is 0 Å². The zero-order valence-electron chi connectivity index (χ0n) is 9.36. The van der Waals surface area contributed by atoms with Crippen molar-refractivity contribution in [3.05, 3.63) is 29.8 Å². The van der Waals surface area contributed by atoms with E-state index in [1.807, 2.05) is 26.0 Å². The summed E-state index contributed by atoms with van der Waals surface area (Å²) in [5.41, 5.74) is 0.810. The maximum absolute atomic E-state index is 9.15. The van der Waals surface area contributed by atoms with Crippen LogP contribution in [0.15, 0.2) is 24.3 Å². The minimum Gasteiger partial charge on any atom is -0.508 e. The third kappa shape index (κ3) is 6.59. The maximum atomic E-state index is 9.15. The number of hydrogen-bond acceptors (Lipinski definition) is 2. The molecule has 0 spiro atoms. The summed E-state index contributed by atoms with van der Waals surface area (Å²) in [6.45, 7) is 5.67. The summed E-state index contributed by atoms with van der Waals surface area (Å²) >= 11 is 0. The molecule has 1 N–H and O–H groups in total. The number of para-hydroxylation sites is 1. The average Bonchev–Trinajstić information content (AvgIpc) is 2.24. The molecule has 2 nitrogen and oxygen atoms in total. The number of rotatable bonds is 3. The quantitative estimate of drug-likeness (QED) is 0.770. The highest BCUT2D eigenvalue weighted by molar-refractivity contribution is 5.34. The first-order valence-corrected chi connectivity index (χ1v) is 5.04. The first kappa shape index (κ1) is 13.5. The molecule has 0 aliphatic carbocycles. The first-order chi connectivity index (χ1) is 7.26. The second-order valence-electron chi connectivity index (χ2n) is 2.79. The van der Waals surface area contributed by atoms with E-state index in [9.17, 15) is 0 Å². The smallest absolute Gasteiger partial charge is 0.119 e. The van der Waals surface area contributed by atoms with Crippen LogP contribution in [0.2, 0.25) is 0 Å². The molecule has 2 heteroatoms.